The Labute approximate surface area is 183 Å². The Hall–Kier alpha value is -4.14. The second-order valence-corrected chi connectivity index (χ2v) is 7.43. The number of aromatic amines is 1. The van der Waals surface area contributed by atoms with E-state index in [1.165, 1.54) is 0 Å². The molecule has 0 aliphatic heterocycles. The minimum atomic E-state index is 0.430. The van der Waals surface area contributed by atoms with E-state index in [1.807, 2.05) is 95.8 Å². The van der Waals surface area contributed by atoms with Crippen LogP contribution in [0.2, 0.25) is 5.02 Å². The lowest BCUT2D eigenvalue weighted by Crippen LogP contribution is -1.93. The molecule has 0 saturated carbocycles. The van der Waals surface area contributed by atoms with Crippen molar-refractivity contribution in [3.05, 3.63) is 101 Å². The minimum Gasteiger partial charge on any atom is -0.337 e. The Morgan fingerprint density at radius 1 is 0.968 bits per heavy atom. The summed E-state index contributed by atoms with van der Waals surface area (Å²) in [6.07, 6.45) is 3.73. The van der Waals surface area contributed by atoms with Crippen LogP contribution in [0.1, 0.15) is 11.4 Å². The van der Waals surface area contributed by atoms with Crippen molar-refractivity contribution in [1.29, 1.82) is 5.26 Å². The molecule has 0 amide bonds. The van der Waals surface area contributed by atoms with Crippen molar-refractivity contribution < 1.29 is 0 Å². The lowest BCUT2D eigenvalue weighted by Gasteiger charge is -2.01. The molecule has 0 spiro atoms. The maximum atomic E-state index is 9.86. The number of H-pyrrole nitrogens is 1. The van der Waals surface area contributed by atoms with Gasteiger partial charge in [0.15, 0.2) is 0 Å². The van der Waals surface area contributed by atoms with Gasteiger partial charge in [0, 0.05) is 22.3 Å². The molecule has 0 aliphatic rings. The zero-order chi connectivity index (χ0) is 21.2. The summed E-state index contributed by atoms with van der Waals surface area (Å²) in [7, 11) is 0. The summed E-state index contributed by atoms with van der Waals surface area (Å²) < 4.78 is 1.81. The number of para-hydroxylation sites is 3. The summed E-state index contributed by atoms with van der Waals surface area (Å²) in [6.45, 7) is 0. The van der Waals surface area contributed by atoms with E-state index in [-0.39, 0.29) is 0 Å². The van der Waals surface area contributed by atoms with Crippen molar-refractivity contribution in [1.82, 2.24) is 19.7 Å². The van der Waals surface area contributed by atoms with Gasteiger partial charge in [-0.1, -0.05) is 54.1 Å². The monoisotopic (exact) mass is 421 g/mol. The molecule has 5 nitrogen and oxygen atoms in total. The van der Waals surface area contributed by atoms with E-state index in [2.05, 4.69) is 16.0 Å². The van der Waals surface area contributed by atoms with Crippen molar-refractivity contribution >= 4 is 34.3 Å². The van der Waals surface area contributed by atoms with Crippen LogP contribution in [0.15, 0.2) is 85.1 Å². The Morgan fingerprint density at radius 3 is 2.45 bits per heavy atom. The zero-order valence-electron chi connectivity index (χ0n) is 16.3. The minimum absolute atomic E-state index is 0.430. The molecule has 0 aliphatic carbocycles. The van der Waals surface area contributed by atoms with Gasteiger partial charge in [-0.25, -0.2) is 9.67 Å². The van der Waals surface area contributed by atoms with Gasteiger partial charge in [-0.15, -0.1) is 0 Å². The van der Waals surface area contributed by atoms with E-state index in [1.54, 1.807) is 0 Å². The Balaban J connectivity index is 1.66. The Kier molecular flexibility index (Phi) is 4.83. The van der Waals surface area contributed by atoms with Crippen LogP contribution in [0.3, 0.4) is 0 Å². The van der Waals surface area contributed by atoms with E-state index in [0.29, 0.717) is 16.4 Å². The first kappa shape index (κ1) is 18.9. The number of aromatic nitrogens is 4. The largest absolute Gasteiger partial charge is 0.337 e. The molecule has 0 bridgehead atoms. The van der Waals surface area contributed by atoms with Crippen LogP contribution in [0.5, 0.6) is 0 Å². The number of hydrogen-bond donors (Lipinski definition) is 1. The predicted octanol–water partition coefficient (Wildman–Crippen LogP) is 6.13. The van der Waals surface area contributed by atoms with Gasteiger partial charge in [-0.05, 0) is 42.5 Å². The third-order valence-corrected chi connectivity index (χ3v) is 5.20. The van der Waals surface area contributed by atoms with Gasteiger partial charge >= 0.3 is 0 Å². The Bertz CT molecular complexity index is 1400. The fourth-order valence-corrected chi connectivity index (χ4v) is 3.55. The molecule has 148 valence electrons. The summed E-state index contributed by atoms with van der Waals surface area (Å²) in [6, 6.07) is 27.3. The molecule has 0 unspecified atom stereocenters. The first-order valence-electron chi connectivity index (χ1n) is 9.69. The fourth-order valence-electron chi connectivity index (χ4n) is 3.43. The van der Waals surface area contributed by atoms with Gasteiger partial charge < -0.3 is 4.98 Å². The van der Waals surface area contributed by atoms with E-state index in [0.717, 1.165) is 33.5 Å². The standard InChI is InChI=1S/C25H16ClN5/c26-20-12-10-17(11-13-20)24-19(16-31(30-24)21-6-2-1-3-7-21)14-18(15-27)25-28-22-8-4-5-9-23(22)29-25/h1-14,16H,(H,28,29)/b18-14-. The molecule has 31 heavy (non-hydrogen) atoms. The fraction of sp³-hybridized carbons (Fsp3) is 0. The molecule has 0 fully saturated rings. The highest BCUT2D eigenvalue weighted by molar-refractivity contribution is 6.30. The van der Waals surface area contributed by atoms with Crippen molar-refractivity contribution in [2.75, 3.05) is 0 Å². The molecule has 0 saturated heterocycles. The van der Waals surface area contributed by atoms with Gasteiger partial charge in [-0.3, -0.25) is 0 Å². The third-order valence-electron chi connectivity index (χ3n) is 4.95. The maximum absolute atomic E-state index is 9.86. The highest BCUT2D eigenvalue weighted by Crippen LogP contribution is 2.28. The molecule has 6 heteroatoms. The van der Waals surface area contributed by atoms with Crippen molar-refractivity contribution in [3.63, 3.8) is 0 Å². The number of fused-ring (bicyclic) bond motifs is 1. The second-order valence-electron chi connectivity index (χ2n) is 6.99. The zero-order valence-corrected chi connectivity index (χ0v) is 17.1. The molecule has 3 aromatic carbocycles. The molecule has 0 atom stereocenters. The van der Waals surface area contributed by atoms with Crippen LogP contribution >= 0.6 is 11.6 Å². The molecule has 5 aromatic rings. The highest BCUT2D eigenvalue weighted by Gasteiger charge is 2.14. The highest BCUT2D eigenvalue weighted by atomic mass is 35.5. The van der Waals surface area contributed by atoms with Gasteiger partial charge in [-0.2, -0.15) is 10.4 Å². The first-order valence-corrected chi connectivity index (χ1v) is 10.1. The van der Waals surface area contributed by atoms with E-state index in [9.17, 15) is 5.26 Å². The summed E-state index contributed by atoms with van der Waals surface area (Å²) in [5.41, 5.74) is 5.53. The SMILES string of the molecule is N#C/C(=C/c1cn(-c2ccccc2)nc1-c1ccc(Cl)cc1)c1nc2ccccc2[nH]1. The van der Waals surface area contributed by atoms with Gasteiger partial charge in [0.05, 0.1) is 28.0 Å². The number of hydrogen-bond acceptors (Lipinski definition) is 3. The normalized spacial score (nSPS) is 11.5. The molecular formula is C25H16ClN5. The van der Waals surface area contributed by atoms with E-state index >= 15 is 0 Å². The average Bonchev–Trinajstić information content (AvgIpc) is 3.43. The topological polar surface area (TPSA) is 70.3 Å². The van der Waals surface area contributed by atoms with Crippen molar-refractivity contribution in [2.45, 2.75) is 0 Å². The lowest BCUT2D eigenvalue weighted by atomic mass is 10.1. The quantitative estimate of drug-likeness (QED) is 0.354. The van der Waals surface area contributed by atoms with Crippen molar-refractivity contribution in [2.24, 2.45) is 0 Å². The number of rotatable bonds is 4. The first-order chi connectivity index (χ1) is 15.2. The summed E-state index contributed by atoms with van der Waals surface area (Å²) in [5, 5.41) is 15.3. The number of imidazole rings is 1. The number of nitrogens with one attached hydrogen (secondary N) is 1. The third kappa shape index (κ3) is 3.73. The van der Waals surface area contributed by atoms with E-state index in [4.69, 9.17) is 16.7 Å². The molecule has 5 rings (SSSR count). The van der Waals surface area contributed by atoms with Gasteiger partial charge in [0.25, 0.3) is 0 Å². The Morgan fingerprint density at radius 2 is 1.71 bits per heavy atom. The van der Waals surface area contributed by atoms with Crippen LogP contribution in [0.25, 0.3) is 39.6 Å². The van der Waals surface area contributed by atoms with Crippen LogP contribution in [-0.2, 0) is 0 Å². The summed E-state index contributed by atoms with van der Waals surface area (Å²) >= 11 is 6.07. The smallest absolute Gasteiger partial charge is 0.149 e. The van der Waals surface area contributed by atoms with Gasteiger partial charge in [0.2, 0.25) is 0 Å². The van der Waals surface area contributed by atoms with Crippen LogP contribution < -0.4 is 0 Å². The van der Waals surface area contributed by atoms with Crippen LogP contribution in [0, 0.1) is 11.3 Å². The summed E-state index contributed by atoms with van der Waals surface area (Å²) in [5.74, 6) is 0.526. The average molecular weight is 422 g/mol. The van der Waals surface area contributed by atoms with E-state index < -0.39 is 0 Å². The van der Waals surface area contributed by atoms with Crippen LogP contribution in [-0.4, -0.2) is 19.7 Å². The lowest BCUT2D eigenvalue weighted by molar-refractivity contribution is 0.884. The number of nitrogens with zero attached hydrogens (tertiary/aromatic N) is 4. The second kappa shape index (κ2) is 7.94. The van der Waals surface area contributed by atoms with Crippen molar-refractivity contribution in [3.8, 4) is 23.0 Å². The number of allylic oxidation sites excluding steroid dienone is 1. The maximum Gasteiger partial charge on any atom is 0.149 e. The number of benzene rings is 3. The molecule has 2 heterocycles. The predicted molar refractivity (Wildman–Crippen MR) is 124 cm³/mol. The molecule has 1 N–H and O–H groups in total. The molecular weight excluding hydrogens is 406 g/mol. The molecule has 0 radical (unpaired) electrons. The molecule has 2 aromatic heterocycles. The van der Waals surface area contributed by atoms with Gasteiger partial charge in [0.1, 0.15) is 11.9 Å². The number of nitriles is 1. The van der Waals surface area contributed by atoms with Crippen LogP contribution in [0.4, 0.5) is 0 Å². The summed E-state index contributed by atoms with van der Waals surface area (Å²) in [4.78, 5) is 7.79. The number of halogens is 1.